The molecule has 0 saturated carbocycles. The van der Waals surface area contributed by atoms with Gasteiger partial charge in [-0.3, -0.25) is 9.59 Å². The Morgan fingerprint density at radius 3 is 2.38 bits per heavy atom. The molecule has 0 atom stereocenters. The van der Waals surface area contributed by atoms with Crippen LogP contribution in [0, 0.1) is 0 Å². The molecular weight excluding hydrogens is 354 g/mol. The Morgan fingerprint density at radius 1 is 1.12 bits per heavy atom. The zero-order chi connectivity index (χ0) is 18.4. The first-order chi connectivity index (χ1) is 12.7. The molecule has 0 aliphatic carbocycles. The van der Waals surface area contributed by atoms with Gasteiger partial charge in [0, 0.05) is 50.1 Å². The highest BCUT2D eigenvalue weighted by Gasteiger charge is 2.18. The Bertz CT molecular complexity index is 743. The quantitative estimate of drug-likeness (QED) is 0.774. The van der Waals surface area contributed by atoms with E-state index in [-0.39, 0.29) is 5.91 Å². The summed E-state index contributed by atoms with van der Waals surface area (Å²) >= 11 is 5.85. The fraction of sp³-hybridized carbons (Fsp3) is 0.333. The van der Waals surface area contributed by atoms with E-state index in [1.807, 2.05) is 29.2 Å². The zero-order valence-corrected chi connectivity index (χ0v) is 15.0. The number of halogens is 1. The van der Waals surface area contributed by atoms with Gasteiger partial charge in [-0.1, -0.05) is 23.7 Å². The fourth-order valence-electron chi connectivity index (χ4n) is 2.70. The average Bonchev–Trinajstić information content (AvgIpc) is 2.69. The highest BCUT2D eigenvalue weighted by Crippen LogP contribution is 2.11. The standard InChI is InChI=1S/C18H20ClN5O2/c19-16-3-1-14(2-4-16)5-6-20-17(26)15-11-21-18(22-12-15)24-9-7-23(13-25)8-10-24/h1-4,11-13H,5-10H2,(H,20,26). The van der Waals surface area contributed by atoms with E-state index in [1.54, 1.807) is 4.90 Å². The molecule has 0 radical (unpaired) electrons. The minimum Gasteiger partial charge on any atom is -0.352 e. The number of hydrogen-bond acceptors (Lipinski definition) is 5. The van der Waals surface area contributed by atoms with E-state index in [1.165, 1.54) is 12.4 Å². The SMILES string of the molecule is O=CN1CCN(c2ncc(C(=O)NCCc3ccc(Cl)cc3)cn2)CC1. The number of amides is 2. The molecular formula is C18H20ClN5O2. The molecule has 3 rings (SSSR count). The van der Waals surface area contributed by atoms with Crippen LogP contribution >= 0.6 is 11.6 Å². The molecule has 2 heterocycles. The van der Waals surface area contributed by atoms with Gasteiger partial charge in [0.25, 0.3) is 5.91 Å². The maximum Gasteiger partial charge on any atom is 0.254 e. The summed E-state index contributed by atoms with van der Waals surface area (Å²) in [5, 5.41) is 3.56. The lowest BCUT2D eigenvalue weighted by atomic mass is 10.1. The largest absolute Gasteiger partial charge is 0.352 e. The van der Waals surface area contributed by atoms with E-state index in [9.17, 15) is 9.59 Å². The van der Waals surface area contributed by atoms with Gasteiger partial charge in [0.1, 0.15) is 0 Å². The van der Waals surface area contributed by atoms with Crippen LogP contribution in [0.3, 0.4) is 0 Å². The summed E-state index contributed by atoms with van der Waals surface area (Å²) in [7, 11) is 0. The highest BCUT2D eigenvalue weighted by molar-refractivity contribution is 6.30. The zero-order valence-electron chi connectivity index (χ0n) is 14.3. The number of aromatic nitrogens is 2. The molecule has 1 aliphatic rings. The van der Waals surface area contributed by atoms with Crippen LogP contribution in [0.4, 0.5) is 5.95 Å². The van der Waals surface area contributed by atoms with Gasteiger partial charge < -0.3 is 15.1 Å². The van der Waals surface area contributed by atoms with Crippen molar-refractivity contribution in [3.8, 4) is 0 Å². The summed E-state index contributed by atoms with van der Waals surface area (Å²) in [4.78, 5) is 35.2. The van der Waals surface area contributed by atoms with E-state index in [2.05, 4.69) is 15.3 Å². The molecule has 1 aromatic carbocycles. The van der Waals surface area contributed by atoms with Crippen LogP contribution in [0.5, 0.6) is 0 Å². The van der Waals surface area contributed by atoms with E-state index < -0.39 is 0 Å². The summed E-state index contributed by atoms with van der Waals surface area (Å²) < 4.78 is 0. The normalized spacial score (nSPS) is 14.2. The number of hydrogen-bond donors (Lipinski definition) is 1. The Balaban J connectivity index is 1.49. The van der Waals surface area contributed by atoms with E-state index in [4.69, 9.17) is 11.6 Å². The average molecular weight is 374 g/mol. The lowest BCUT2D eigenvalue weighted by molar-refractivity contribution is -0.118. The van der Waals surface area contributed by atoms with Crippen LogP contribution in [0.25, 0.3) is 0 Å². The monoisotopic (exact) mass is 373 g/mol. The Labute approximate surface area is 157 Å². The van der Waals surface area contributed by atoms with Crippen LogP contribution in [-0.4, -0.2) is 59.9 Å². The molecule has 2 amide bonds. The summed E-state index contributed by atoms with van der Waals surface area (Å²) in [6.45, 7) is 3.20. The minimum absolute atomic E-state index is 0.198. The van der Waals surface area contributed by atoms with E-state index in [0.717, 1.165) is 18.4 Å². The fourth-order valence-corrected chi connectivity index (χ4v) is 2.83. The van der Waals surface area contributed by atoms with Crippen molar-refractivity contribution in [2.75, 3.05) is 37.6 Å². The summed E-state index contributed by atoms with van der Waals surface area (Å²) in [5.74, 6) is 0.379. The summed E-state index contributed by atoms with van der Waals surface area (Å²) in [6, 6.07) is 7.55. The van der Waals surface area contributed by atoms with Gasteiger partial charge in [0.2, 0.25) is 12.4 Å². The van der Waals surface area contributed by atoms with Gasteiger partial charge in [-0.2, -0.15) is 0 Å². The summed E-state index contributed by atoms with van der Waals surface area (Å²) in [6.07, 6.45) is 4.65. The lowest BCUT2D eigenvalue weighted by Crippen LogP contribution is -2.46. The Morgan fingerprint density at radius 2 is 1.77 bits per heavy atom. The van der Waals surface area contributed by atoms with Crippen molar-refractivity contribution >= 4 is 29.9 Å². The van der Waals surface area contributed by atoms with E-state index >= 15 is 0 Å². The predicted octanol–water partition coefficient (Wildman–Crippen LogP) is 1.38. The number of piperazine rings is 1. The Kier molecular flexibility index (Phi) is 6.01. The van der Waals surface area contributed by atoms with Crippen molar-refractivity contribution in [3.63, 3.8) is 0 Å². The van der Waals surface area contributed by atoms with Crippen LogP contribution in [0.15, 0.2) is 36.7 Å². The third-order valence-corrected chi connectivity index (χ3v) is 4.51. The summed E-state index contributed by atoms with van der Waals surface area (Å²) in [5.41, 5.74) is 1.53. The van der Waals surface area contributed by atoms with Gasteiger partial charge in [-0.15, -0.1) is 0 Å². The van der Waals surface area contributed by atoms with Crippen molar-refractivity contribution in [1.82, 2.24) is 20.2 Å². The van der Waals surface area contributed by atoms with Gasteiger partial charge >= 0.3 is 0 Å². The van der Waals surface area contributed by atoms with Crippen molar-refractivity contribution in [2.45, 2.75) is 6.42 Å². The van der Waals surface area contributed by atoms with Crippen LogP contribution in [-0.2, 0) is 11.2 Å². The molecule has 1 aliphatic heterocycles. The molecule has 1 N–H and O–H groups in total. The van der Waals surface area contributed by atoms with Crippen LogP contribution < -0.4 is 10.2 Å². The predicted molar refractivity (Wildman–Crippen MR) is 99.4 cm³/mol. The first-order valence-corrected chi connectivity index (χ1v) is 8.82. The lowest BCUT2D eigenvalue weighted by Gasteiger charge is -2.32. The third kappa shape index (κ3) is 4.70. The molecule has 0 bridgehead atoms. The number of carbonyl (C=O) groups is 2. The number of benzene rings is 1. The van der Waals surface area contributed by atoms with Gasteiger partial charge in [-0.25, -0.2) is 9.97 Å². The topological polar surface area (TPSA) is 78.4 Å². The van der Waals surface area contributed by atoms with Gasteiger partial charge in [0.15, 0.2) is 0 Å². The number of carbonyl (C=O) groups excluding carboxylic acids is 2. The minimum atomic E-state index is -0.198. The molecule has 7 nitrogen and oxygen atoms in total. The maximum absolute atomic E-state index is 12.2. The third-order valence-electron chi connectivity index (χ3n) is 4.26. The molecule has 136 valence electrons. The molecule has 1 fully saturated rings. The van der Waals surface area contributed by atoms with E-state index in [0.29, 0.717) is 49.3 Å². The van der Waals surface area contributed by atoms with Crippen molar-refractivity contribution in [2.24, 2.45) is 0 Å². The second kappa shape index (κ2) is 8.62. The first kappa shape index (κ1) is 18.1. The van der Waals surface area contributed by atoms with Crippen molar-refractivity contribution in [1.29, 1.82) is 0 Å². The highest BCUT2D eigenvalue weighted by atomic mass is 35.5. The van der Waals surface area contributed by atoms with Crippen LogP contribution in [0.2, 0.25) is 5.02 Å². The molecule has 8 heteroatoms. The smallest absolute Gasteiger partial charge is 0.254 e. The molecule has 26 heavy (non-hydrogen) atoms. The second-order valence-electron chi connectivity index (χ2n) is 6.03. The number of anilines is 1. The maximum atomic E-state index is 12.2. The molecule has 0 unspecified atom stereocenters. The van der Waals surface area contributed by atoms with Crippen molar-refractivity contribution < 1.29 is 9.59 Å². The first-order valence-electron chi connectivity index (χ1n) is 8.44. The number of nitrogens with one attached hydrogen (secondary N) is 1. The van der Waals surface area contributed by atoms with Crippen LogP contribution in [0.1, 0.15) is 15.9 Å². The molecule has 0 spiro atoms. The second-order valence-corrected chi connectivity index (χ2v) is 6.47. The van der Waals surface area contributed by atoms with Gasteiger partial charge in [-0.05, 0) is 24.1 Å². The molecule has 2 aromatic rings. The molecule has 1 aromatic heterocycles. The van der Waals surface area contributed by atoms with Crippen molar-refractivity contribution in [3.05, 3.63) is 52.8 Å². The van der Waals surface area contributed by atoms with Gasteiger partial charge in [0.05, 0.1) is 5.56 Å². The number of rotatable bonds is 6. The Hall–Kier alpha value is -2.67. The molecule has 1 saturated heterocycles. The number of nitrogens with zero attached hydrogens (tertiary/aromatic N) is 4.